The standard InChI is InChI=1S/C31H45NO5/c1-17(16-32-19(3)33)13-25-27(35)18(2)28-30(6)12-10-24-23(26(30)15-31(25,28)36)8-7-21-14-22(37-20(4)34)9-11-29(21,24)5/h7,17,22-26,36H,8-16H2,1-6H3,(H,32,33)/t17-,22+,23+,24+,25-,26+,29+,30-,31+/m1/s1. The van der Waals surface area contributed by atoms with Crippen molar-refractivity contribution in [3.05, 3.63) is 22.8 Å². The largest absolute Gasteiger partial charge is 0.462 e. The lowest BCUT2D eigenvalue weighted by molar-refractivity contribution is -0.148. The zero-order valence-electron chi connectivity index (χ0n) is 23.5. The van der Waals surface area contributed by atoms with Crippen LogP contribution in [0.2, 0.25) is 0 Å². The van der Waals surface area contributed by atoms with Gasteiger partial charge in [0.2, 0.25) is 5.91 Å². The quantitative estimate of drug-likeness (QED) is 0.405. The maximum Gasteiger partial charge on any atom is 0.302 e. The molecule has 5 rings (SSSR count). The van der Waals surface area contributed by atoms with Crippen molar-refractivity contribution < 1.29 is 24.2 Å². The molecule has 2 N–H and O–H groups in total. The smallest absolute Gasteiger partial charge is 0.302 e. The van der Waals surface area contributed by atoms with E-state index in [1.54, 1.807) is 0 Å². The molecule has 6 heteroatoms. The second kappa shape index (κ2) is 9.07. The molecule has 6 nitrogen and oxygen atoms in total. The predicted molar refractivity (Wildman–Crippen MR) is 141 cm³/mol. The van der Waals surface area contributed by atoms with Gasteiger partial charge in [-0.05, 0) is 97.5 Å². The summed E-state index contributed by atoms with van der Waals surface area (Å²) in [4.78, 5) is 36.5. The number of rotatable bonds is 5. The predicted octanol–water partition coefficient (Wildman–Crippen LogP) is 4.90. The monoisotopic (exact) mass is 511 g/mol. The molecule has 0 bridgehead atoms. The third-order valence-electron chi connectivity index (χ3n) is 11.3. The molecule has 9 atom stereocenters. The summed E-state index contributed by atoms with van der Waals surface area (Å²) in [5, 5.41) is 15.2. The van der Waals surface area contributed by atoms with Gasteiger partial charge in [-0.15, -0.1) is 0 Å². The second-order valence-corrected chi connectivity index (χ2v) is 13.5. The normalized spacial score (nSPS) is 43.3. The lowest BCUT2D eigenvalue weighted by Gasteiger charge is -2.57. The van der Waals surface area contributed by atoms with Crippen LogP contribution < -0.4 is 5.32 Å². The fraction of sp³-hybridized carbons (Fsp3) is 0.774. The summed E-state index contributed by atoms with van der Waals surface area (Å²) in [6.45, 7) is 12.3. The molecule has 0 saturated heterocycles. The number of esters is 1. The molecule has 0 aromatic rings. The summed E-state index contributed by atoms with van der Waals surface area (Å²) >= 11 is 0. The Bertz CT molecular complexity index is 1080. The number of hydrogen-bond donors (Lipinski definition) is 2. The first-order valence-electron chi connectivity index (χ1n) is 14.4. The van der Waals surface area contributed by atoms with E-state index in [0.29, 0.717) is 37.1 Å². The van der Waals surface area contributed by atoms with Crippen molar-refractivity contribution in [1.29, 1.82) is 0 Å². The van der Waals surface area contributed by atoms with Crippen LogP contribution in [0, 0.1) is 40.4 Å². The molecule has 0 unspecified atom stereocenters. The third kappa shape index (κ3) is 4.04. The zero-order valence-corrected chi connectivity index (χ0v) is 23.5. The number of ketones is 1. The van der Waals surface area contributed by atoms with Gasteiger partial charge in [0.25, 0.3) is 0 Å². The molecule has 5 aliphatic carbocycles. The van der Waals surface area contributed by atoms with E-state index >= 15 is 0 Å². The molecule has 0 radical (unpaired) electrons. The number of carbonyl (C=O) groups is 3. The Morgan fingerprint density at radius 3 is 2.54 bits per heavy atom. The molecule has 5 aliphatic rings. The molecule has 0 spiro atoms. The highest BCUT2D eigenvalue weighted by Gasteiger charge is 2.68. The Labute approximate surface area is 221 Å². The van der Waals surface area contributed by atoms with Gasteiger partial charge in [-0.1, -0.05) is 32.4 Å². The molecule has 37 heavy (non-hydrogen) atoms. The van der Waals surface area contributed by atoms with Crippen molar-refractivity contribution in [2.45, 2.75) is 105 Å². The number of amides is 1. The number of ether oxygens (including phenoxy) is 1. The van der Waals surface area contributed by atoms with E-state index in [1.807, 2.05) is 6.92 Å². The molecule has 1 amide bonds. The topological polar surface area (TPSA) is 92.7 Å². The van der Waals surface area contributed by atoms with Gasteiger partial charge in [0, 0.05) is 26.8 Å². The lowest BCUT2D eigenvalue weighted by Crippen LogP contribution is -2.49. The molecule has 0 heterocycles. The highest BCUT2D eigenvalue weighted by Crippen LogP contribution is 2.71. The summed E-state index contributed by atoms with van der Waals surface area (Å²) in [6.07, 6.45) is 9.58. The van der Waals surface area contributed by atoms with E-state index in [0.717, 1.165) is 49.7 Å². The van der Waals surface area contributed by atoms with Crippen molar-refractivity contribution in [3.8, 4) is 0 Å². The van der Waals surface area contributed by atoms with Crippen LogP contribution in [0.25, 0.3) is 0 Å². The number of carbonyl (C=O) groups excluding carboxylic acids is 3. The van der Waals surface area contributed by atoms with Crippen LogP contribution >= 0.6 is 0 Å². The van der Waals surface area contributed by atoms with Crippen molar-refractivity contribution >= 4 is 17.7 Å². The Morgan fingerprint density at radius 2 is 1.86 bits per heavy atom. The SMILES string of the molecule is CC(=O)NC[C@H](C)C[C@@H]1C(=O)C(C)=C2[C@]3(C)CC[C@H]4[C@H](CC=C5C[C@@H](OC(C)=O)CC[C@@]54C)[C@@H]3C[C@@]21O. The highest BCUT2D eigenvalue weighted by atomic mass is 16.5. The maximum absolute atomic E-state index is 13.5. The molecular weight excluding hydrogens is 466 g/mol. The van der Waals surface area contributed by atoms with Crippen LogP contribution in [-0.4, -0.2) is 41.0 Å². The summed E-state index contributed by atoms with van der Waals surface area (Å²) in [7, 11) is 0. The summed E-state index contributed by atoms with van der Waals surface area (Å²) < 4.78 is 5.59. The van der Waals surface area contributed by atoms with Crippen molar-refractivity contribution in [1.82, 2.24) is 5.32 Å². The van der Waals surface area contributed by atoms with Crippen LogP contribution in [0.5, 0.6) is 0 Å². The molecular formula is C31H45NO5. The second-order valence-electron chi connectivity index (χ2n) is 13.5. The van der Waals surface area contributed by atoms with Gasteiger partial charge in [0.05, 0.1) is 11.5 Å². The number of nitrogens with one attached hydrogen (secondary N) is 1. The lowest BCUT2D eigenvalue weighted by atomic mass is 9.47. The van der Waals surface area contributed by atoms with E-state index in [2.05, 4.69) is 32.2 Å². The van der Waals surface area contributed by atoms with Gasteiger partial charge in [-0.3, -0.25) is 14.4 Å². The van der Waals surface area contributed by atoms with Crippen molar-refractivity contribution in [3.63, 3.8) is 0 Å². The van der Waals surface area contributed by atoms with Crippen LogP contribution in [0.15, 0.2) is 22.8 Å². The van der Waals surface area contributed by atoms with E-state index in [1.165, 1.54) is 19.4 Å². The Hall–Kier alpha value is -1.95. The Balaban J connectivity index is 1.42. The van der Waals surface area contributed by atoms with E-state index < -0.39 is 11.5 Å². The van der Waals surface area contributed by atoms with Gasteiger partial charge >= 0.3 is 5.97 Å². The van der Waals surface area contributed by atoms with Crippen LogP contribution in [0.4, 0.5) is 0 Å². The average Bonchev–Trinajstić information content (AvgIpc) is 3.17. The van der Waals surface area contributed by atoms with Crippen molar-refractivity contribution in [2.24, 2.45) is 40.4 Å². The first kappa shape index (κ1) is 26.6. The first-order valence-corrected chi connectivity index (χ1v) is 14.4. The number of allylic oxidation sites excluding steroid dienone is 2. The molecule has 0 aliphatic heterocycles. The van der Waals surface area contributed by atoms with Gasteiger partial charge in [-0.2, -0.15) is 0 Å². The number of hydrogen-bond acceptors (Lipinski definition) is 5. The molecule has 204 valence electrons. The summed E-state index contributed by atoms with van der Waals surface area (Å²) in [6, 6.07) is 0. The van der Waals surface area contributed by atoms with Gasteiger partial charge < -0.3 is 15.2 Å². The minimum atomic E-state index is -1.07. The molecule has 0 aromatic heterocycles. The summed E-state index contributed by atoms with van der Waals surface area (Å²) in [5.74, 6) is 0.935. The first-order chi connectivity index (χ1) is 17.3. The number of fused-ring (bicyclic) bond motifs is 7. The van der Waals surface area contributed by atoms with E-state index in [9.17, 15) is 19.5 Å². The van der Waals surface area contributed by atoms with Gasteiger partial charge in [0.15, 0.2) is 5.78 Å². The average molecular weight is 512 g/mol. The summed E-state index contributed by atoms with van der Waals surface area (Å²) in [5.41, 5.74) is 2.18. The van der Waals surface area contributed by atoms with Crippen molar-refractivity contribution in [2.75, 3.05) is 6.54 Å². The highest BCUT2D eigenvalue weighted by molar-refractivity contribution is 6.02. The van der Waals surface area contributed by atoms with Crippen LogP contribution in [-0.2, 0) is 19.1 Å². The maximum atomic E-state index is 13.5. The number of aliphatic hydroxyl groups is 1. The minimum Gasteiger partial charge on any atom is -0.462 e. The van der Waals surface area contributed by atoms with Gasteiger partial charge in [0.1, 0.15) is 6.10 Å². The zero-order chi connectivity index (χ0) is 26.9. The fourth-order valence-corrected chi connectivity index (χ4v) is 9.68. The fourth-order valence-electron chi connectivity index (χ4n) is 9.68. The molecule has 0 aromatic carbocycles. The van der Waals surface area contributed by atoms with Crippen LogP contribution in [0.1, 0.15) is 92.9 Å². The number of Topliss-reactive ketones (excluding diaryl/α,β-unsaturated/α-hetero) is 1. The molecule has 3 saturated carbocycles. The van der Waals surface area contributed by atoms with E-state index in [4.69, 9.17) is 4.74 Å². The van der Waals surface area contributed by atoms with Gasteiger partial charge in [-0.25, -0.2) is 0 Å². The third-order valence-corrected chi connectivity index (χ3v) is 11.3. The van der Waals surface area contributed by atoms with Crippen LogP contribution in [0.3, 0.4) is 0 Å². The Morgan fingerprint density at radius 1 is 1.16 bits per heavy atom. The Kier molecular flexibility index (Phi) is 6.53. The van der Waals surface area contributed by atoms with E-state index in [-0.39, 0.29) is 40.5 Å². The molecule has 3 fully saturated rings. The minimum absolute atomic E-state index is 0.00663.